The SMILES string of the molecule is CCCC(=O)O[C@@H]1[C@@H](C)O[C@@H](O[C@@H]2[C@@H](N(C)C)[C@H](O)[C@@H](O[C@@H]3[C@@H](CC=O)C[C@H](C)[C@H](O)/C=C/C=C/C[C@H](C)OC(=O)C[C@H](O)[C@@H]3OC)O[C@H]2C)C[C@@]1(C)O. The summed E-state index contributed by atoms with van der Waals surface area (Å²) in [6, 6.07) is -0.750. The first kappa shape index (κ1) is 46.1. The van der Waals surface area contributed by atoms with Crippen LogP contribution in [-0.2, 0) is 47.5 Å². The van der Waals surface area contributed by atoms with Gasteiger partial charge in [0.05, 0.1) is 43.0 Å². The average molecular weight is 772 g/mol. The standard InChI is InChI=1S/C39H65NO14/c1-10-14-29(44)52-37-25(5)50-31(21-39(37,6)47)53-34-24(4)51-38(33(46)32(34)40(7)8)54-35-26(17-18-41)19-22(2)27(42)16-13-11-12-15-23(3)49-30(45)20-28(43)36(35)48-9/h11-13,16,18,22-28,31-38,42-43,46-47H,10,14-15,17,19-21H2,1-9H3/b12-11+,16-13+/t22-,23-,24-,25+,26-,27+,28-,31-,32-,33-,34-,35+,36-,37+,38+,39+/m0/s1. The normalized spacial score (nSPS) is 42.9. The molecular weight excluding hydrogens is 706 g/mol. The number of carbonyl (C=O) groups excluding carboxylic acids is 3. The van der Waals surface area contributed by atoms with E-state index in [1.54, 1.807) is 64.9 Å². The number of nitrogens with zero attached hydrogens (tertiary/aromatic N) is 1. The van der Waals surface area contributed by atoms with E-state index in [9.17, 15) is 34.8 Å². The van der Waals surface area contributed by atoms with Crippen molar-refractivity contribution in [2.24, 2.45) is 11.8 Å². The Morgan fingerprint density at radius 2 is 1.74 bits per heavy atom. The van der Waals surface area contributed by atoms with Crippen LogP contribution in [0.4, 0.5) is 0 Å². The van der Waals surface area contributed by atoms with Crippen LogP contribution in [0.25, 0.3) is 0 Å². The van der Waals surface area contributed by atoms with E-state index >= 15 is 0 Å². The number of aldehydes is 1. The van der Waals surface area contributed by atoms with Crippen LogP contribution < -0.4 is 0 Å². The number of ether oxygens (including phenoxy) is 7. The van der Waals surface area contributed by atoms with E-state index in [0.29, 0.717) is 12.8 Å². The van der Waals surface area contributed by atoms with Crippen LogP contribution in [-0.4, -0.2) is 150 Å². The zero-order chi connectivity index (χ0) is 40.3. The predicted molar refractivity (Wildman–Crippen MR) is 196 cm³/mol. The summed E-state index contributed by atoms with van der Waals surface area (Å²) in [5.74, 6) is -2.11. The number of hydrogen-bond donors (Lipinski definition) is 4. The predicted octanol–water partition coefficient (Wildman–Crippen LogP) is 2.20. The van der Waals surface area contributed by atoms with E-state index in [4.69, 9.17) is 33.2 Å². The van der Waals surface area contributed by atoms with Gasteiger partial charge in [0.25, 0.3) is 0 Å². The lowest BCUT2D eigenvalue weighted by Crippen LogP contribution is -2.66. The number of aliphatic hydroxyl groups excluding tert-OH is 3. The van der Waals surface area contributed by atoms with E-state index in [2.05, 4.69) is 0 Å². The van der Waals surface area contributed by atoms with E-state index in [-0.39, 0.29) is 31.6 Å². The van der Waals surface area contributed by atoms with Gasteiger partial charge in [0.2, 0.25) is 0 Å². The van der Waals surface area contributed by atoms with Gasteiger partial charge < -0.3 is 63.3 Å². The largest absolute Gasteiger partial charge is 0.462 e. The van der Waals surface area contributed by atoms with Gasteiger partial charge in [0.15, 0.2) is 18.7 Å². The Bertz CT molecular complexity index is 1240. The van der Waals surface area contributed by atoms with Crippen molar-refractivity contribution in [1.82, 2.24) is 4.90 Å². The van der Waals surface area contributed by atoms with Crippen molar-refractivity contribution in [2.45, 2.75) is 172 Å². The molecule has 15 nitrogen and oxygen atoms in total. The Morgan fingerprint density at radius 1 is 1.04 bits per heavy atom. The van der Waals surface area contributed by atoms with Gasteiger partial charge in [0.1, 0.15) is 36.3 Å². The smallest absolute Gasteiger partial charge is 0.308 e. The summed E-state index contributed by atoms with van der Waals surface area (Å²) in [5.41, 5.74) is -1.47. The van der Waals surface area contributed by atoms with Gasteiger partial charge in [-0.3, -0.25) is 9.59 Å². The lowest BCUT2D eigenvalue weighted by Gasteiger charge is -2.50. The highest BCUT2D eigenvalue weighted by Crippen LogP contribution is 2.37. The second-order valence-electron chi connectivity index (χ2n) is 15.5. The monoisotopic (exact) mass is 771 g/mol. The Labute approximate surface area is 319 Å². The molecule has 54 heavy (non-hydrogen) atoms. The maximum absolute atomic E-state index is 12.9. The summed E-state index contributed by atoms with van der Waals surface area (Å²) in [6.45, 7) is 10.4. The molecule has 310 valence electrons. The van der Waals surface area contributed by atoms with Crippen LogP contribution >= 0.6 is 0 Å². The summed E-state index contributed by atoms with van der Waals surface area (Å²) in [6.07, 6.45) is -3.26. The van der Waals surface area contributed by atoms with E-state index in [0.717, 1.165) is 6.29 Å². The van der Waals surface area contributed by atoms with Crippen LogP contribution in [0.5, 0.6) is 0 Å². The number of allylic oxidation sites excluding steroid dienone is 2. The topological polar surface area (TPSA) is 200 Å². The fourth-order valence-electron chi connectivity index (χ4n) is 7.66. The molecule has 3 rings (SSSR count). The molecule has 0 saturated carbocycles. The number of likely N-dealkylation sites (N-methyl/N-ethyl adjacent to an activating group) is 1. The molecule has 0 amide bonds. The van der Waals surface area contributed by atoms with Crippen molar-refractivity contribution in [3.8, 4) is 0 Å². The number of carbonyl (C=O) groups is 3. The van der Waals surface area contributed by atoms with Crippen molar-refractivity contribution in [3.05, 3.63) is 24.3 Å². The highest BCUT2D eigenvalue weighted by atomic mass is 16.7. The number of aliphatic hydroxyl groups is 4. The van der Waals surface area contributed by atoms with Gasteiger partial charge in [-0.2, -0.15) is 0 Å². The highest BCUT2D eigenvalue weighted by molar-refractivity contribution is 5.70. The molecule has 4 N–H and O–H groups in total. The molecule has 0 aromatic heterocycles. The lowest BCUT2D eigenvalue weighted by atomic mass is 9.82. The van der Waals surface area contributed by atoms with Crippen molar-refractivity contribution in [1.29, 1.82) is 0 Å². The quantitative estimate of drug-likeness (QED) is 0.176. The fourth-order valence-corrected chi connectivity index (χ4v) is 7.66. The molecule has 3 aliphatic heterocycles. The summed E-state index contributed by atoms with van der Waals surface area (Å²) in [4.78, 5) is 39.0. The van der Waals surface area contributed by atoms with Crippen molar-refractivity contribution >= 4 is 18.2 Å². The maximum Gasteiger partial charge on any atom is 0.308 e. The number of hydrogen-bond acceptors (Lipinski definition) is 15. The van der Waals surface area contributed by atoms with Gasteiger partial charge in [-0.25, -0.2) is 0 Å². The second-order valence-corrected chi connectivity index (χ2v) is 15.5. The number of cyclic esters (lactones) is 1. The molecule has 16 atom stereocenters. The first-order valence-electron chi connectivity index (χ1n) is 19.2. The highest BCUT2D eigenvalue weighted by Gasteiger charge is 2.52. The number of rotatable bonds is 11. The molecule has 3 aliphatic rings. The van der Waals surface area contributed by atoms with Gasteiger partial charge in [-0.05, 0) is 66.5 Å². The number of esters is 2. The van der Waals surface area contributed by atoms with Gasteiger partial charge in [-0.1, -0.05) is 38.2 Å². The summed E-state index contributed by atoms with van der Waals surface area (Å²) >= 11 is 0. The van der Waals surface area contributed by atoms with Crippen LogP contribution in [0.1, 0.15) is 86.5 Å². The minimum absolute atomic E-state index is 0.0274. The van der Waals surface area contributed by atoms with Gasteiger partial charge in [-0.15, -0.1) is 0 Å². The zero-order valence-corrected chi connectivity index (χ0v) is 33.3. The molecule has 15 heteroatoms. The van der Waals surface area contributed by atoms with Crippen LogP contribution in [0, 0.1) is 11.8 Å². The molecule has 0 aliphatic carbocycles. The van der Waals surface area contributed by atoms with Crippen molar-refractivity contribution < 1.29 is 68.0 Å². The van der Waals surface area contributed by atoms with E-state index < -0.39 is 110 Å². The molecule has 0 spiro atoms. The zero-order valence-electron chi connectivity index (χ0n) is 33.3. The molecule has 0 radical (unpaired) electrons. The van der Waals surface area contributed by atoms with Gasteiger partial charge in [0, 0.05) is 32.8 Å². The van der Waals surface area contributed by atoms with Crippen LogP contribution in [0.15, 0.2) is 24.3 Å². The molecule has 0 bridgehead atoms. The Balaban J connectivity index is 1.91. The third kappa shape index (κ3) is 12.6. The third-order valence-electron chi connectivity index (χ3n) is 10.5. The summed E-state index contributed by atoms with van der Waals surface area (Å²) in [5, 5.41) is 45.7. The Kier molecular flexibility index (Phi) is 18.2. The van der Waals surface area contributed by atoms with Gasteiger partial charge >= 0.3 is 11.9 Å². The molecular formula is C39H65NO14. The Hall–Kier alpha value is -2.31. The lowest BCUT2D eigenvalue weighted by molar-refractivity contribution is -0.344. The first-order chi connectivity index (χ1) is 25.4. The fraction of sp³-hybridized carbons (Fsp3) is 0.821. The minimum Gasteiger partial charge on any atom is -0.462 e. The first-order valence-corrected chi connectivity index (χ1v) is 19.2. The van der Waals surface area contributed by atoms with Crippen molar-refractivity contribution in [2.75, 3.05) is 21.2 Å². The molecule has 2 saturated heterocycles. The molecule has 0 unspecified atom stereocenters. The molecule has 0 aromatic carbocycles. The minimum atomic E-state index is -1.47. The molecule has 0 aromatic rings. The second kappa shape index (κ2) is 21.3. The average Bonchev–Trinajstić information content (AvgIpc) is 3.07. The van der Waals surface area contributed by atoms with Crippen molar-refractivity contribution in [3.63, 3.8) is 0 Å². The van der Waals surface area contributed by atoms with E-state index in [1.807, 2.05) is 19.9 Å². The molecule has 3 heterocycles. The van der Waals surface area contributed by atoms with E-state index in [1.165, 1.54) is 7.11 Å². The van der Waals surface area contributed by atoms with Crippen LogP contribution in [0.2, 0.25) is 0 Å². The van der Waals surface area contributed by atoms with Crippen LogP contribution in [0.3, 0.4) is 0 Å². The Morgan fingerprint density at radius 3 is 2.35 bits per heavy atom. The summed E-state index contributed by atoms with van der Waals surface area (Å²) < 4.78 is 42.2. The number of methoxy groups -OCH3 is 1. The maximum atomic E-state index is 12.9. The summed E-state index contributed by atoms with van der Waals surface area (Å²) in [7, 11) is 4.86. The third-order valence-corrected chi connectivity index (χ3v) is 10.5. The molecule has 2 fully saturated rings.